The molecule has 0 amide bonds. The fourth-order valence-corrected chi connectivity index (χ4v) is 2.58. The second-order valence-corrected chi connectivity index (χ2v) is 4.91. The predicted molar refractivity (Wildman–Crippen MR) is 67.2 cm³/mol. The Hall–Kier alpha value is -1.22. The van der Waals surface area contributed by atoms with E-state index in [-0.39, 0.29) is 5.38 Å². The van der Waals surface area contributed by atoms with Crippen molar-refractivity contribution in [1.29, 1.82) is 0 Å². The van der Waals surface area contributed by atoms with Crippen LogP contribution in [0.5, 0.6) is 0 Å². The fourth-order valence-electron chi connectivity index (χ4n) is 2.31. The fraction of sp³-hybridized carbons (Fsp3) is 0.417. The average molecular weight is 236 g/mol. The summed E-state index contributed by atoms with van der Waals surface area (Å²) in [5, 5.41) is 0.264. The zero-order valence-electron chi connectivity index (χ0n) is 9.23. The number of aromatic nitrogens is 2. The summed E-state index contributed by atoms with van der Waals surface area (Å²) < 4.78 is 2.14. The molecule has 16 heavy (non-hydrogen) atoms. The molecule has 4 heteroatoms. The maximum atomic E-state index is 6.13. The molecular weight excluding hydrogens is 222 g/mol. The van der Waals surface area contributed by atoms with Crippen molar-refractivity contribution in [2.75, 3.05) is 18.0 Å². The molecule has 1 atom stereocenters. The van der Waals surface area contributed by atoms with E-state index >= 15 is 0 Å². The molecule has 1 saturated heterocycles. The Kier molecular flexibility index (Phi) is 2.28. The molecule has 0 radical (unpaired) electrons. The van der Waals surface area contributed by atoms with Gasteiger partial charge in [-0.25, -0.2) is 4.98 Å². The second kappa shape index (κ2) is 3.67. The van der Waals surface area contributed by atoms with Gasteiger partial charge in [-0.15, -0.1) is 11.6 Å². The first-order valence-corrected chi connectivity index (χ1v) is 6.00. The van der Waals surface area contributed by atoms with Crippen molar-refractivity contribution in [3.8, 4) is 0 Å². The molecule has 0 N–H and O–H groups in total. The lowest BCUT2D eigenvalue weighted by atomic mass is 10.3. The van der Waals surface area contributed by atoms with Crippen LogP contribution >= 0.6 is 11.6 Å². The molecule has 1 unspecified atom stereocenters. The lowest BCUT2D eigenvalue weighted by Gasteiger charge is -2.16. The molecular formula is C12H14ClN3. The lowest BCUT2D eigenvalue weighted by Crippen LogP contribution is -2.22. The van der Waals surface area contributed by atoms with Gasteiger partial charge in [-0.05, 0) is 18.6 Å². The van der Waals surface area contributed by atoms with Crippen molar-refractivity contribution in [2.24, 2.45) is 7.05 Å². The average Bonchev–Trinajstić information content (AvgIpc) is 2.84. The molecule has 1 aliphatic rings. The Bertz CT molecular complexity index is 520. The van der Waals surface area contributed by atoms with E-state index in [1.807, 2.05) is 18.2 Å². The van der Waals surface area contributed by atoms with E-state index < -0.39 is 0 Å². The van der Waals surface area contributed by atoms with Gasteiger partial charge < -0.3 is 9.47 Å². The maximum absolute atomic E-state index is 6.13. The van der Waals surface area contributed by atoms with E-state index in [1.54, 1.807) is 0 Å². The summed E-state index contributed by atoms with van der Waals surface area (Å²) >= 11 is 6.13. The van der Waals surface area contributed by atoms with E-state index in [2.05, 4.69) is 27.6 Å². The number of nitrogens with zero attached hydrogens (tertiary/aromatic N) is 3. The number of halogens is 1. The van der Waals surface area contributed by atoms with Gasteiger partial charge in [-0.2, -0.15) is 0 Å². The highest BCUT2D eigenvalue weighted by Gasteiger charge is 2.24. The first-order chi connectivity index (χ1) is 7.75. The third kappa shape index (κ3) is 1.47. The summed E-state index contributed by atoms with van der Waals surface area (Å²) in [6, 6.07) is 8.21. The van der Waals surface area contributed by atoms with Gasteiger partial charge in [0.05, 0.1) is 16.4 Å². The third-order valence-corrected chi connectivity index (χ3v) is 3.53. The van der Waals surface area contributed by atoms with Crippen LogP contribution in [-0.2, 0) is 7.05 Å². The minimum Gasteiger partial charge on any atom is -0.341 e. The molecule has 3 rings (SSSR count). The van der Waals surface area contributed by atoms with Crippen LogP contribution in [0.4, 0.5) is 5.95 Å². The number of aryl methyl sites for hydroxylation is 1. The van der Waals surface area contributed by atoms with E-state index in [1.165, 1.54) is 5.52 Å². The molecule has 0 aliphatic carbocycles. The van der Waals surface area contributed by atoms with Crippen LogP contribution in [-0.4, -0.2) is 28.0 Å². The first kappa shape index (κ1) is 9.97. The number of hydrogen-bond acceptors (Lipinski definition) is 2. The molecule has 1 fully saturated rings. The van der Waals surface area contributed by atoms with Crippen LogP contribution in [0.1, 0.15) is 6.42 Å². The smallest absolute Gasteiger partial charge is 0.206 e. The Morgan fingerprint density at radius 1 is 1.38 bits per heavy atom. The molecule has 1 aromatic heterocycles. The summed E-state index contributed by atoms with van der Waals surface area (Å²) in [7, 11) is 2.06. The van der Waals surface area contributed by atoms with Crippen molar-refractivity contribution < 1.29 is 0 Å². The van der Waals surface area contributed by atoms with E-state index in [9.17, 15) is 0 Å². The summed E-state index contributed by atoms with van der Waals surface area (Å²) in [4.78, 5) is 6.92. The quantitative estimate of drug-likeness (QED) is 0.708. The van der Waals surface area contributed by atoms with Crippen LogP contribution in [0.2, 0.25) is 0 Å². The van der Waals surface area contributed by atoms with Crippen molar-refractivity contribution in [1.82, 2.24) is 9.55 Å². The van der Waals surface area contributed by atoms with Gasteiger partial charge in [0.15, 0.2) is 0 Å². The van der Waals surface area contributed by atoms with Crippen molar-refractivity contribution in [3.63, 3.8) is 0 Å². The number of hydrogen-bond donors (Lipinski definition) is 0. The van der Waals surface area contributed by atoms with Crippen molar-refractivity contribution in [2.45, 2.75) is 11.8 Å². The zero-order valence-corrected chi connectivity index (χ0v) is 9.98. The van der Waals surface area contributed by atoms with Gasteiger partial charge in [0, 0.05) is 20.1 Å². The maximum Gasteiger partial charge on any atom is 0.206 e. The monoisotopic (exact) mass is 235 g/mol. The number of fused-ring (bicyclic) bond motifs is 1. The van der Waals surface area contributed by atoms with E-state index in [4.69, 9.17) is 11.6 Å². The Labute approximate surface area is 99.6 Å². The van der Waals surface area contributed by atoms with Crippen molar-refractivity contribution >= 4 is 28.6 Å². The number of imidazole rings is 1. The van der Waals surface area contributed by atoms with Crippen LogP contribution in [0.3, 0.4) is 0 Å². The highest BCUT2D eigenvalue weighted by atomic mass is 35.5. The number of anilines is 1. The van der Waals surface area contributed by atoms with Gasteiger partial charge in [-0.3, -0.25) is 0 Å². The molecule has 1 aliphatic heterocycles. The predicted octanol–water partition coefficient (Wildman–Crippen LogP) is 2.39. The second-order valence-electron chi connectivity index (χ2n) is 4.29. The Morgan fingerprint density at radius 2 is 2.19 bits per heavy atom. The molecule has 0 spiro atoms. The lowest BCUT2D eigenvalue weighted by molar-refractivity contribution is 0.838. The number of alkyl halides is 1. The Morgan fingerprint density at radius 3 is 2.88 bits per heavy atom. The van der Waals surface area contributed by atoms with Gasteiger partial charge in [-0.1, -0.05) is 12.1 Å². The molecule has 1 aromatic carbocycles. The van der Waals surface area contributed by atoms with Gasteiger partial charge >= 0.3 is 0 Å². The summed E-state index contributed by atoms with van der Waals surface area (Å²) in [5.41, 5.74) is 2.23. The Balaban J connectivity index is 2.07. The minimum absolute atomic E-state index is 0.264. The molecule has 0 saturated carbocycles. The first-order valence-electron chi connectivity index (χ1n) is 5.56. The SMILES string of the molecule is Cn1c(N2CCC(Cl)C2)nc2ccccc21. The van der Waals surface area contributed by atoms with Gasteiger partial charge in [0.2, 0.25) is 5.95 Å². The molecule has 2 heterocycles. The van der Waals surface area contributed by atoms with Gasteiger partial charge in [0.25, 0.3) is 0 Å². The largest absolute Gasteiger partial charge is 0.341 e. The normalized spacial score (nSPS) is 20.9. The highest BCUT2D eigenvalue weighted by molar-refractivity contribution is 6.21. The standard InChI is InChI=1S/C12H14ClN3/c1-15-11-5-3-2-4-10(11)14-12(15)16-7-6-9(13)8-16/h2-5,9H,6-8H2,1H3. The van der Waals surface area contributed by atoms with Crippen LogP contribution in [0, 0.1) is 0 Å². The van der Waals surface area contributed by atoms with Crippen molar-refractivity contribution in [3.05, 3.63) is 24.3 Å². The highest BCUT2D eigenvalue weighted by Crippen LogP contribution is 2.25. The zero-order chi connectivity index (χ0) is 11.1. The number of benzene rings is 1. The topological polar surface area (TPSA) is 21.1 Å². The number of rotatable bonds is 1. The van der Waals surface area contributed by atoms with E-state index in [0.717, 1.165) is 31.0 Å². The number of para-hydroxylation sites is 2. The summed E-state index contributed by atoms with van der Waals surface area (Å²) in [6.07, 6.45) is 1.05. The molecule has 2 aromatic rings. The molecule has 84 valence electrons. The minimum atomic E-state index is 0.264. The van der Waals surface area contributed by atoms with Gasteiger partial charge in [0.1, 0.15) is 0 Å². The molecule has 3 nitrogen and oxygen atoms in total. The summed E-state index contributed by atoms with van der Waals surface area (Å²) in [6.45, 7) is 1.91. The van der Waals surface area contributed by atoms with E-state index in [0.29, 0.717) is 0 Å². The molecule has 0 bridgehead atoms. The van der Waals surface area contributed by atoms with Crippen LogP contribution in [0.15, 0.2) is 24.3 Å². The summed E-state index contributed by atoms with van der Waals surface area (Å²) in [5.74, 6) is 1.03. The van der Waals surface area contributed by atoms with Crippen LogP contribution < -0.4 is 4.90 Å². The third-order valence-electron chi connectivity index (χ3n) is 3.18. The van der Waals surface area contributed by atoms with Crippen LogP contribution in [0.25, 0.3) is 11.0 Å².